The van der Waals surface area contributed by atoms with Crippen molar-refractivity contribution in [2.75, 3.05) is 13.7 Å². The molecule has 1 amide bonds. The fraction of sp³-hybridized carbons (Fsp3) is 0.556. The molecule has 2 N–H and O–H groups in total. The Morgan fingerprint density at radius 3 is 2.54 bits per heavy atom. The highest BCUT2D eigenvalue weighted by molar-refractivity contribution is 5.84. The van der Waals surface area contributed by atoms with Crippen LogP contribution >= 0.6 is 0 Å². The third-order valence-corrected chi connectivity index (χ3v) is 4.41. The predicted octanol–water partition coefficient (Wildman–Crippen LogP) is 2.60. The molecule has 0 aromatic heterocycles. The number of ether oxygens (including phenoxy) is 2. The molecule has 132 valence electrons. The molecule has 6 nitrogen and oxygen atoms in total. The summed E-state index contributed by atoms with van der Waals surface area (Å²) < 4.78 is 10.8. The maximum absolute atomic E-state index is 12.4. The first kappa shape index (κ1) is 18.1. The summed E-state index contributed by atoms with van der Waals surface area (Å²) in [5.74, 6) is -0.804. The molecule has 1 aromatic carbocycles. The van der Waals surface area contributed by atoms with E-state index in [2.05, 4.69) is 5.32 Å². The van der Waals surface area contributed by atoms with E-state index >= 15 is 0 Å². The van der Waals surface area contributed by atoms with Gasteiger partial charge in [-0.05, 0) is 37.5 Å². The Balaban J connectivity index is 2.00. The average Bonchev–Trinajstić information content (AvgIpc) is 2.60. The molecule has 1 aliphatic carbocycles. The van der Waals surface area contributed by atoms with Crippen LogP contribution in [0.25, 0.3) is 0 Å². The molecule has 0 aliphatic heterocycles. The smallest absolute Gasteiger partial charge is 0.307 e. The van der Waals surface area contributed by atoms with E-state index in [0.717, 1.165) is 18.4 Å². The third-order valence-electron chi connectivity index (χ3n) is 4.41. The standard InChI is InChI=1S/C18H25NO5/c1-3-24-16-10-12(8-9-15(16)23-2)11-19-17(20)13-6-4-5-7-14(13)18(21)22/h8-10,13-14H,3-7,11H2,1-2H3,(H,19,20)(H,21,22). The highest BCUT2D eigenvalue weighted by atomic mass is 16.5. The maximum atomic E-state index is 12.4. The minimum Gasteiger partial charge on any atom is -0.493 e. The van der Waals surface area contributed by atoms with Gasteiger partial charge in [-0.15, -0.1) is 0 Å². The Kier molecular flexibility index (Phi) is 6.46. The first-order valence-electron chi connectivity index (χ1n) is 8.37. The van der Waals surface area contributed by atoms with Gasteiger partial charge in [0.25, 0.3) is 0 Å². The third kappa shape index (κ3) is 4.40. The van der Waals surface area contributed by atoms with Gasteiger partial charge in [0.2, 0.25) is 5.91 Å². The van der Waals surface area contributed by atoms with Crippen LogP contribution in [-0.2, 0) is 16.1 Å². The van der Waals surface area contributed by atoms with E-state index in [1.54, 1.807) is 13.2 Å². The van der Waals surface area contributed by atoms with Gasteiger partial charge in [-0.25, -0.2) is 0 Å². The number of amides is 1. The summed E-state index contributed by atoms with van der Waals surface area (Å²) in [6.45, 7) is 2.75. The minimum absolute atomic E-state index is 0.184. The van der Waals surface area contributed by atoms with Crippen molar-refractivity contribution in [2.45, 2.75) is 39.2 Å². The Hall–Kier alpha value is -2.24. The molecule has 1 aromatic rings. The van der Waals surface area contributed by atoms with Crippen LogP contribution < -0.4 is 14.8 Å². The van der Waals surface area contributed by atoms with Crippen LogP contribution in [0.1, 0.15) is 38.2 Å². The molecule has 1 saturated carbocycles. The predicted molar refractivity (Wildman–Crippen MR) is 89.1 cm³/mol. The molecule has 0 spiro atoms. The second-order valence-electron chi connectivity index (χ2n) is 5.97. The van der Waals surface area contributed by atoms with Crippen molar-refractivity contribution >= 4 is 11.9 Å². The topological polar surface area (TPSA) is 84.9 Å². The van der Waals surface area contributed by atoms with E-state index in [1.807, 2.05) is 19.1 Å². The molecule has 0 bridgehead atoms. The number of carboxylic acids is 1. The van der Waals surface area contributed by atoms with E-state index in [4.69, 9.17) is 9.47 Å². The zero-order valence-electron chi connectivity index (χ0n) is 14.2. The number of aliphatic carboxylic acids is 1. The van der Waals surface area contributed by atoms with Gasteiger partial charge >= 0.3 is 5.97 Å². The fourth-order valence-corrected chi connectivity index (χ4v) is 3.16. The van der Waals surface area contributed by atoms with Crippen molar-refractivity contribution in [3.63, 3.8) is 0 Å². The van der Waals surface area contributed by atoms with Crippen molar-refractivity contribution in [1.82, 2.24) is 5.32 Å². The Bertz CT molecular complexity index is 587. The highest BCUT2D eigenvalue weighted by Gasteiger charge is 2.35. The summed E-state index contributed by atoms with van der Waals surface area (Å²) in [4.78, 5) is 23.7. The normalized spacial score (nSPS) is 20.2. The average molecular weight is 335 g/mol. The number of benzene rings is 1. The molecule has 2 rings (SSSR count). The summed E-state index contributed by atoms with van der Waals surface area (Å²) in [6, 6.07) is 5.49. The minimum atomic E-state index is -0.877. The quantitative estimate of drug-likeness (QED) is 0.800. The summed E-state index contributed by atoms with van der Waals surface area (Å²) in [6.07, 6.45) is 2.98. The van der Waals surface area contributed by atoms with Gasteiger partial charge in [-0.3, -0.25) is 9.59 Å². The van der Waals surface area contributed by atoms with Crippen LogP contribution in [0, 0.1) is 11.8 Å². The summed E-state index contributed by atoms with van der Waals surface area (Å²) in [5, 5.41) is 12.1. The lowest BCUT2D eigenvalue weighted by molar-refractivity contribution is -0.148. The van der Waals surface area contributed by atoms with Gasteiger partial charge < -0.3 is 19.9 Å². The number of carbonyl (C=O) groups is 2. The van der Waals surface area contributed by atoms with E-state index < -0.39 is 17.8 Å². The Morgan fingerprint density at radius 1 is 1.21 bits per heavy atom. The van der Waals surface area contributed by atoms with Gasteiger partial charge in [-0.2, -0.15) is 0 Å². The lowest BCUT2D eigenvalue weighted by atomic mass is 9.78. The first-order valence-corrected chi connectivity index (χ1v) is 8.37. The van der Waals surface area contributed by atoms with E-state index in [1.165, 1.54) is 0 Å². The van der Waals surface area contributed by atoms with Crippen molar-refractivity contribution in [3.05, 3.63) is 23.8 Å². The van der Waals surface area contributed by atoms with Crippen molar-refractivity contribution < 1.29 is 24.2 Å². The largest absolute Gasteiger partial charge is 0.493 e. The summed E-state index contributed by atoms with van der Waals surface area (Å²) in [5.41, 5.74) is 0.885. The number of carbonyl (C=O) groups excluding carboxylic acids is 1. The zero-order chi connectivity index (χ0) is 17.5. The summed E-state index contributed by atoms with van der Waals surface area (Å²) in [7, 11) is 1.58. The molecule has 2 atom stereocenters. The molecule has 1 fully saturated rings. The molecule has 24 heavy (non-hydrogen) atoms. The van der Waals surface area contributed by atoms with Gasteiger partial charge in [0.1, 0.15) is 0 Å². The second kappa shape index (κ2) is 8.57. The number of carboxylic acid groups (broad SMARTS) is 1. The van der Waals surface area contributed by atoms with Crippen LogP contribution in [0.15, 0.2) is 18.2 Å². The van der Waals surface area contributed by atoms with E-state index in [9.17, 15) is 14.7 Å². The van der Waals surface area contributed by atoms with Crippen molar-refractivity contribution in [3.8, 4) is 11.5 Å². The van der Waals surface area contributed by atoms with Crippen LogP contribution in [0.5, 0.6) is 11.5 Å². The number of rotatable bonds is 7. The molecule has 6 heteroatoms. The van der Waals surface area contributed by atoms with Gasteiger partial charge in [-0.1, -0.05) is 18.9 Å². The molecular formula is C18H25NO5. The lowest BCUT2D eigenvalue weighted by Gasteiger charge is -2.27. The molecular weight excluding hydrogens is 310 g/mol. The van der Waals surface area contributed by atoms with Crippen LogP contribution in [0.2, 0.25) is 0 Å². The molecule has 1 aliphatic rings. The number of nitrogens with one attached hydrogen (secondary N) is 1. The van der Waals surface area contributed by atoms with Gasteiger partial charge in [0.15, 0.2) is 11.5 Å². The number of hydrogen-bond acceptors (Lipinski definition) is 4. The van der Waals surface area contributed by atoms with Gasteiger partial charge in [0, 0.05) is 6.54 Å². The zero-order valence-corrected chi connectivity index (χ0v) is 14.2. The number of methoxy groups -OCH3 is 1. The Labute approximate surface area is 142 Å². The fourth-order valence-electron chi connectivity index (χ4n) is 3.16. The molecule has 0 heterocycles. The molecule has 2 unspecified atom stereocenters. The van der Waals surface area contributed by atoms with Crippen molar-refractivity contribution in [1.29, 1.82) is 0 Å². The second-order valence-corrected chi connectivity index (χ2v) is 5.97. The molecule has 0 saturated heterocycles. The van der Waals surface area contributed by atoms with Gasteiger partial charge in [0.05, 0.1) is 25.6 Å². The van der Waals surface area contributed by atoms with Crippen LogP contribution in [-0.4, -0.2) is 30.7 Å². The van der Waals surface area contributed by atoms with Crippen LogP contribution in [0.3, 0.4) is 0 Å². The SMILES string of the molecule is CCOc1cc(CNC(=O)C2CCCCC2C(=O)O)ccc1OC. The van der Waals surface area contributed by atoms with Crippen molar-refractivity contribution in [2.24, 2.45) is 11.8 Å². The van der Waals surface area contributed by atoms with Crippen LogP contribution in [0.4, 0.5) is 0 Å². The monoisotopic (exact) mass is 335 g/mol. The maximum Gasteiger partial charge on any atom is 0.307 e. The van der Waals surface area contributed by atoms with E-state index in [-0.39, 0.29) is 5.91 Å². The van der Waals surface area contributed by atoms with E-state index in [0.29, 0.717) is 37.5 Å². The molecule has 0 radical (unpaired) electrons. The summed E-state index contributed by atoms with van der Waals surface area (Å²) >= 11 is 0. The Morgan fingerprint density at radius 2 is 1.92 bits per heavy atom. The lowest BCUT2D eigenvalue weighted by Crippen LogP contribution is -2.39. The first-order chi connectivity index (χ1) is 11.6. The number of hydrogen-bond donors (Lipinski definition) is 2. The highest BCUT2D eigenvalue weighted by Crippen LogP contribution is 2.31.